The van der Waals surface area contributed by atoms with E-state index in [0.717, 1.165) is 38.3 Å². The zero-order chi connectivity index (χ0) is 23.4. The van der Waals surface area contributed by atoms with Crippen molar-refractivity contribution in [1.29, 1.82) is 0 Å². The Morgan fingerprint density at radius 2 is 1.70 bits per heavy atom. The number of aryl methyl sites for hydroxylation is 2. The lowest BCUT2D eigenvalue weighted by Gasteiger charge is -2.16. The number of hydrogen-bond donors (Lipinski definition) is 0. The number of anilines is 1. The van der Waals surface area contributed by atoms with Crippen molar-refractivity contribution in [3.63, 3.8) is 0 Å². The number of hydrogen-bond acceptors (Lipinski definition) is 4. The highest BCUT2D eigenvalue weighted by atomic mass is 79.9. The summed E-state index contributed by atoms with van der Waals surface area (Å²) in [6.45, 7) is 8.16. The molecule has 6 heteroatoms. The molecular weight excluding hydrogens is 496 g/mol. The highest BCUT2D eigenvalue weighted by molar-refractivity contribution is 9.10. The Hall–Kier alpha value is -3.09. The first-order valence-electron chi connectivity index (χ1n) is 10.4. The zero-order valence-electron chi connectivity index (χ0n) is 18.4. The molecule has 33 heavy (non-hydrogen) atoms. The van der Waals surface area contributed by atoms with E-state index in [9.17, 15) is 4.79 Å². The third-order valence-corrected chi connectivity index (χ3v) is 6.56. The molecule has 0 radical (unpaired) electrons. The topological polar surface area (TPSA) is 41.9 Å². The summed E-state index contributed by atoms with van der Waals surface area (Å²) in [7, 11) is 0. The van der Waals surface area contributed by atoms with Crippen molar-refractivity contribution in [3.05, 3.63) is 105 Å². The minimum absolute atomic E-state index is 0.0992. The molecule has 4 nitrogen and oxygen atoms in total. The fraction of sp³-hybridized carbons (Fsp3) is 0.111. The number of rotatable bonds is 6. The van der Waals surface area contributed by atoms with Crippen LogP contribution >= 0.6 is 27.7 Å². The van der Waals surface area contributed by atoms with Crippen LogP contribution in [0.25, 0.3) is 6.08 Å². The SMILES string of the molecule is C=CCOc1ccc(/C=C2\SC(=Nc3ccc(C)cc3)N(c3ccc(C)cc3)C2=O)cc1Br. The third-order valence-electron chi connectivity index (χ3n) is 4.97. The van der Waals surface area contributed by atoms with E-state index in [2.05, 4.69) is 22.5 Å². The molecular formula is C27H23BrN2O2S. The van der Waals surface area contributed by atoms with Crippen molar-refractivity contribution in [3.8, 4) is 5.75 Å². The van der Waals surface area contributed by atoms with Gasteiger partial charge in [-0.3, -0.25) is 9.69 Å². The van der Waals surface area contributed by atoms with Crippen molar-refractivity contribution < 1.29 is 9.53 Å². The number of ether oxygens (including phenoxy) is 1. The first-order chi connectivity index (χ1) is 15.9. The van der Waals surface area contributed by atoms with Gasteiger partial charge in [0.1, 0.15) is 12.4 Å². The molecule has 166 valence electrons. The molecule has 4 rings (SSSR count). The van der Waals surface area contributed by atoms with E-state index in [4.69, 9.17) is 9.73 Å². The molecule has 3 aromatic rings. The molecule has 0 N–H and O–H groups in total. The number of carbonyl (C=O) groups excluding carboxylic acids is 1. The lowest BCUT2D eigenvalue weighted by molar-refractivity contribution is -0.113. The molecule has 1 aliphatic rings. The molecule has 0 unspecified atom stereocenters. The van der Waals surface area contributed by atoms with Crippen molar-refractivity contribution in [1.82, 2.24) is 0 Å². The lowest BCUT2D eigenvalue weighted by Crippen LogP contribution is -2.28. The Bertz CT molecular complexity index is 1250. The van der Waals surface area contributed by atoms with Gasteiger partial charge >= 0.3 is 0 Å². The zero-order valence-corrected chi connectivity index (χ0v) is 20.8. The summed E-state index contributed by atoms with van der Waals surface area (Å²) in [5.74, 6) is 0.628. The van der Waals surface area contributed by atoms with Gasteiger partial charge in [0.05, 0.1) is 20.8 Å². The van der Waals surface area contributed by atoms with Gasteiger partial charge in [0, 0.05) is 0 Å². The summed E-state index contributed by atoms with van der Waals surface area (Å²) in [6.07, 6.45) is 3.58. The molecule has 0 aromatic heterocycles. The van der Waals surface area contributed by atoms with Crippen LogP contribution in [0.3, 0.4) is 0 Å². The maximum absolute atomic E-state index is 13.5. The van der Waals surface area contributed by atoms with E-state index in [1.54, 1.807) is 11.0 Å². The molecule has 0 aliphatic carbocycles. The standard InChI is InChI=1S/C27H23BrN2O2S/c1-4-15-32-24-14-9-20(16-23(24)28)17-25-26(31)30(22-12-7-19(3)8-13-22)27(33-25)29-21-10-5-18(2)6-11-21/h4-14,16-17H,1,15H2,2-3H3/b25-17-,29-27?. The van der Waals surface area contributed by atoms with Crippen LogP contribution in [0.5, 0.6) is 5.75 Å². The predicted molar refractivity (Wildman–Crippen MR) is 142 cm³/mol. The molecule has 3 aromatic carbocycles. The van der Waals surface area contributed by atoms with Crippen molar-refractivity contribution in [2.45, 2.75) is 13.8 Å². The normalized spacial score (nSPS) is 16.0. The van der Waals surface area contributed by atoms with Crippen LogP contribution in [0.1, 0.15) is 16.7 Å². The number of amides is 1. The predicted octanol–water partition coefficient (Wildman–Crippen LogP) is 7.44. The van der Waals surface area contributed by atoms with Crippen LogP contribution in [-0.2, 0) is 4.79 Å². The van der Waals surface area contributed by atoms with Gasteiger partial charge in [0.15, 0.2) is 5.17 Å². The van der Waals surface area contributed by atoms with E-state index in [-0.39, 0.29) is 5.91 Å². The van der Waals surface area contributed by atoms with Gasteiger partial charge in [0.2, 0.25) is 0 Å². The van der Waals surface area contributed by atoms with Gasteiger partial charge in [-0.1, -0.05) is 54.1 Å². The summed E-state index contributed by atoms with van der Waals surface area (Å²) in [5.41, 5.74) is 4.79. The Balaban J connectivity index is 1.71. The van der Waals surface area contributed by atoms with E-state index in [1.807, 2.05) is 86.7 Å². The quantitative estimate of drug-likeness (QED) is 0.251. The second-order valence-corrected chi connectivity index (χ2v) is 9.47. The average molecular weight is 519 g/mol. The largest absolute Gasteiger partial charge is 0.488 e. The van der Waals surface area contributed by atoms with Crippen molar-refractivity contribution >= 4 is 56.2 Å². The summed E-state index contributed by atoms with van der Waals surface area (Å²) in [5, 5.41) is 0.629. The number of benzene rings is 3. The maximum atomic E-state index is 13.5. The number of amidine groups is 1. The number of aliphatic imine (C=N–C) groups is 1. The summed E-state index contributed by atoms with van der Waals surface area (Å²) in [6, 6.07) is 21.6. The van der Waals surface area contributed by atoms with Crippen LogP contribution < -0.4 is 9.64 Å². The van der Waals surface area contributed by atoms with Crippen molar-refractivity contribution in [2.24, 2.45) is 4.99 Å². The summed E-state index contributed by atoms with van der Waals surface area (Å²) in [4.78, 5) is 20.5. The number of carbonyl (C=O) groups is 1. The number of thioether (sulfide) groups is 1. The Kier molecular flexibility index (Phi) is 7.16. The smallest absolute Gasteiger partial charge is 0.271 e. The molecule has 1 aliphatic heterocycles. The molecule has 1 heterocycles. The highest BCUT2D eigenvalue weighted by Gasteiger charge is 2.34. The first-order valence-corrected chi connectivity index (χ1v) is 12.0. The van der Waals surface area contributed by atoms with Crippen LogP contribution in [0, 0.1) is 13.8 Å². The van der Waals surface area contributed by atoms with Gasteiger partial charge < -0.3 is 4.74 Å². The second kappa shape index (κ2) is 10.2. The average Bonchev–Trinajstić information content (AvgIpc) is 3.10. The molecule has 0 saturated carbocycles. The molecule has 0 atom stereocenters. The molecule has 0 bridgehead atoms. The van der Waals surface area contributed by atoms with Gasteiger partial charge in [-0.25, -0.2) is 4.99 Å². The summed E-state index contributed by atoms with van der Waals surface area (Å²) < 4.78 is 6.44. The van der Waals surface area contributed by atoms with Crippen LogP contribution in [0.2, 0.25) is 0 Å². The minimum Gasteiger partial charge on any atom is -0.488 e. The second-order valence-electron chi connectivity index (χ2n) is 7.61. The van der Waals surface area contributed by atoms with Gasteiger partial charge in [-0.2, -0.15) is 0 Å². The fourth-order valence-electron chi connectivity index (χ4n) is 3.22. The van der Waals surface area contributed by atoms with E-state index in [1.165, 1.54) is 11.8 Å². The first kappa shape index (κ1) is 23.1. The fourth-order valence-corrected chi connectivity index (χ4v) is 4.74. The Labute approximate surface area is 206 Å². The lowest BCUT2D eigenvalue weighted by atomic mass is 10.2. The minimum atomic E-state index is -0.0992. The van der Waals surface area contributed by atoms with Gasteiger partial charge in [-0.15, -0.1) is 0 Å². The molecule has 0 spiro atoms. The van der Waals surface area contributed by atoms with Crippen LogP contribution in [0.4, 0.5) is 11.4 Å². The third kappa shape index (κ3) is 5.46. The van der Waals surface area contributed by atoms with Crippen LogP contribution in [-0.4, -0.2) is 17.7 Å². The monoisotopic (exact) mass is 518 g/mol. The Morgan fingerprint density at radius 3 is 2.33 bits per heavy atom. The Morgan fingerprint density at radius 1 is 1.03 bits per heavy atom. The molecule has 1 saturated heterocycles. The van der Waals surface area contributed by atoms with Gasteiger partial charge in [-0.05, 0) is 89.6 Å². The van der Waals surface area contributed by atoms with Crippen LogP contribution in [0.15, 0.2) is 93.8 Å². The summed E-state index contributed by atoms with van der Waals surface area (Å²) >= 11 is 4.92. The van der Waals surface area contributed by atoms with E-state index in [0.29, 0.717) is 16.7 Å². The number of halogens is 1. The highest BCUT2D eigenvalue weighted by Crippen LogP contribution is 2.38. The van der Waals surface area contributed by atoms with Gasteiger partial charge in [0.25, 0.3) is 5.91 Å². The molecule has 1 fully saturated rings. The maximum Gasteiger partial charge on any atom is 0.271 e. The van der Waals surface area contributed by atoms with E-state index < -0.39 is 0 Å². The number of nitrogens with zero attached hydrogens (tertiary/aromatic N) is 2. The van der Waals surface area contributed by atoms with E-state index >= 15 is 0 Å². The van der Waals surface area contributed by atoms with Crippen molar-refractivity contribution in [2.75, 3.05) is 11.5 Å². The molecule has 1 amide bonds.